The molecule has 0 atom stereocenters. The molecule has 0 fully saturated rings. The first kappa shape index (κ1) is 9.12. The summed E-state index contributed by atoms with van der Waals surface area (Å²) in [7, 11) is 0. The second-order valence-corrected chi connectivity index (χ2v) is 2.41. The maximum Gasteiger partial charge on any atom is 0.282 e. The van der Waals surface area contributed by atoms with Gasteiger partial charge in [0, 0.05) is 6.07 Å². The van der Waals surface area contributed by atoms with Crippen LogP contribution in [-0.2, 0) is 0 Å². The van der Waals surface area contributed by atoms with Crippen molar-refractivity contribution in [3.8, 4) is 0 Å². The average Bonchev–Trinajstić information content (AvgIpc) is 1.96. The van der Waals surface area contributed by atoms with E-state index in [0.29, 0.717) is 0 Å². The Labute approximate surface area is 71.2 Å². The van der Waals surface area contributed by atoms with Gasteiger partial charge in [0.05, 0.1) is 10.7 Å². The lowest BCUT2D eigenvalue weighted by Crippen LogP contribution is -1.99. The summed E-state index contributed by atoms with van der Waals surface area (Å²) >= 11 is 5.33. The summed E-state index contributed by atoms with van der Waals surface area (Å²) in [5.74, 6) is -1.06. The molecule has 0 aliphatic carbocycles. The van der Waals surface area contributed by atoms with Crippen LogP contribution < -0.4 is 5.73 Å². The summed E-state index contributed by atoms with van der Waals surface area (Å²) < 4.78 is 36.4. The second kappa shape index (κ2) is 3.18. The summed E-state index contributed by atoms with van der Waals surface area (Å²) in [4.78, 5) is 2.90. The molecular weight excluding hydrogens is 193 g/mol. The monoisotopic (exact) mass is 196 g/mol. The van der Waals surface area contributed by atoms with Crippen LogP contribution in [0.5, 0.6) is 0 Å². The van der Waals surface area contributed by atoms with Gasteiger partial charge in [-0.25, -0.2) is 13.8 Å². The van der Waals surface area contributed by atoms with Crippen LogP contribution in [0.25, 0.3) is 0 Å². The predicted molar refractivity (Wildman–Crippen MR) is 38.6 cm³/mol. The molecule has 1 aromatic rings. The van der Waals surface area contributed by atoms with Gasteiger partial charge in [0.25, 0.3) is 6.43 Å². The predicted octanol–water partition coefficient (Wildman–Crippen LogP) is 2.39. The van der Waals surface area contributed by atoms with Crippen molar-refractivity contribution in [3.05, 3.63) is 22.7 Å². The summed E-state index contributed by atoms with van der Waals surface area (Å²) in [6, 6.07) is 0.786. The third-order valence-corrected chi connectivity index (χ3v) is 1.60. The van der Waals surface area contributed by atoms with E-state index in [9.17, 15) is 13.2 Å². The van der Waals surface area contributed by atoms with Gasteiger partial charge < -0.3 is 5.73 Å². The van der Waals surface area contributed by atoms with E-state index in [-0.39, 0.29) is 5.69 Å². The van der Waals surface area contributed by atoms with Gasteiger partial charge in [0.1, 0.15) is 5.69 Å². The minimum atomic E-state index is -2.92. The maximum absolute atomic E-state index is 12.4. The van der Waals surface area contributed by atoms with Gasteiger partial charge >= 0.3 is 0 Å². The lowest BCUT2D eigenvalue weighted by Gasteiger charge is -2.03. The van der Waals surface area contributed by atoms with Crippen LogP contribution in [0, 0.1) is 5.95 Å². The number of nitrogen functional groups attached to an aromatic ring is 1. The molecule has 0 unspecified atom stereocenters. The van der Waals surface area contributed by atoms with Crippen LogP contribution in [-0.4, -0.2) is 4.98 Å². The van der Waals surface area contributed by atoms with Crippen LogP contribution in [0.15, 0.2) is 6.07 Å². The van der Waals surface area contributed by atoms with E-state index in [2.05, 4.69) is 4.98 Å². The minimum absolute atomic E-state index is 0.237. The van der Waals surface area contributed by atoms with Crippen LogP contribution in [0.1, 0.15) is 12.1 Å². The van der Waals surface area contributed by atoms with E-state index in [4.69, 9.17) is 17.3 Å². The van der Waals surface area contributed by atoms with Gasteiger partial charge in [-0.1, -0.05) is 11.6 Å². The number of aromatic nitrogens is 1. The molecule has 6 heteroatoms. The van der Waals surface area contributed by atoms with Crippen molar-refractivity contribution in [2.45, 2.75) is 6.43 Å². The van der Waals surface area contributed by atoms with Crippen molar-refractivity contribution < 1.29 is 13.2 Å². The quantitative estimate of drug-likeness (QED) is 0.701. The highest BCUT2D eigenvalue weighted by molar-refractivity contribution is 6.33. The molecule has 2 N–H and O–H groups in total. The van der Waals surface area contributed by atoms with Crippen LogP contribution in [0.4, 0.5) is 18.9 Å². The molecular formula is C6H4ClF3N2. The largest absolute Gasteiger partial charge is 0.397 e. The maximum atomic E-state index is 12.4. The number of alkyl halides is 2. The Morgan fingerprint density at radius 3 is 2.58 bits per heavy atom. The molecule has 12 heavy (non-hydrogen) atoms. The molecule has 0 aliphatic rings. The Balaban J connectivity index is 3.28. The smallest absolute Gasteiger partial charge is 0.282 e. The zero-order chi connectivity index (χ0) is 9.30. The number of nitrogens with two attached hydrogens (primary N) is 1. The van der Waals surface area contributed by atoms with Crippen LogP contribution in [0.3, 0.4) is 0 Å². The van der Waals surface area contributed by atoms with Crippen molar-refractivity contribution in [3.63, 3.8) is 0 Å². The molecule has 1 rings (SSSR count). The van der Waals surface area contributed by atoms with Crippen molar-refractivity contribution in [2.75, 3.05) is 5.73 Å². The molecule has 0 spiro atoms. The van der Waals surface area contributed by atoms with E-state index in [1.54, 1.807) is 0 Å². The average molecular weight is 197 g/mol. The summed E-state index contributed by atoms with van der Waals surface area (Å²) in [5.41, 5.74) is 4.05. The fourth-order valence-corrected chi connectivity index (χ4v) is 0.860. The molecule has 2 nitrogen and oxygen atoms in total. The molecule has 0 aliphatic heterocycles. The van der Waals surface area contributed by atoms with E-state index in [0.717, 1.165) is 6.07 Å². The third-order valence-electron chi connectivity index (χ3n) is 1.19. The molecule has 0 radical (unpaired) electrons. The molecule has 0 saturated heterocycles. The number of hydrogen-bond acceptors (Lipinski definition) is 2. The number of halogens is 4. The Bertz CT molecular complexity index is 303. The topological polar surface area (TPSA) is 38.9 Å². The van der Waals surface area contributed by atoms with Crippen LogP contribution >= 0.6 is 11.6 Å². The number of hydrogen-bond donors (Lipinski definition) is 1. The SMILES string of the molecule is Nc1cc(F)nc(C(F)F)c1Cl. The van der Waals surface area contributed by atoms with Gasteiger partial charge in [-0.3, -0.25) is 0 Å². The van der Waals surface area contributed by atoms with Gasteiger partial charge in [-0.15, -0.1) is 0 Å². The van der Waals surface area contributed by atoms with Gasteiger partial charge in [-0.05, 0) is 0 Å². The lowest BCUT2D eigenvalue weighted by atomic mass is 10.3. The van der Waals surface area contributed by atoms with Gasteiger partial charge in [0.2, 0.25) is 5.95 Å². The second-order valence-electron chi connectivity index (χ2n) is 2.03. The summed E-state index contributed by atoms with van der Waals surface area (Å²) in [5, 5.41) is -0.397. The first-order chi connectivity index (χ1) is 5.52. The highest BCUT2D eigenvalue weighted by Gasteiger charge is 2.17. The standard InChI is InChI=1S/C6H4ClF3N2/c7-4-2(11)1-3(8)12-5(4)6(9)10/h1,6H,(H2,11,12). The third kappa shape index (κ3) is 1.61. The summed E-state index contributed by atoms with van der Waals surface area (Å²) in [6.07, 6.45) is -2.92. The van der Waals surface area contributed by atoms with Crippen molar-refractivity contribution >= 4 is 17.3 Å². The normalized spacial score (nSPS) is 10.8. The fraction of sp³-hybridized carbons (Fsp3) is 0.167. The molecule has 1 heterocycles. The molecule has 0 bridgehead atoms. The van der Waals surface area contributed by atoms with Crippen molar-refractivity contribution in [1.82, 2.24) is 4.98 Å². The highest BCUT2D eigenvalue weighted by Crippen LogP contribution is 2.29. The zero-order valence-electron chi connectivity index (χ0n) is 5.69. The van der Waals surface area contributed by atoms with E-state index in [1.165, 1.54) is 0 Å². The Kier molecular flexibility index (Phi) is 2.42. The zero-order valence-corrected chi connectivity index (χ0v) is 6.45. The molecule has 1 aromatic heterocycles. The molecule has 0 aromatic carbocycles. The highest BCUT2D eigenvalue weighted by atomic mass is 35.5. The molecule has 66 valence electrons. The van der Waals surface area contributed by atoms with E-state index >= 15 is 0 Å². The first-order valence-corrected chi connectivity index (χ1v) is 3.29. The van der Waals surface area contributed by atoms with Crippen molar-refractivity contribution in [1.29, 1.82) is 0 Å². The number of anilines is 1. The van der Waals surface area contributed by atoms with Crippen LogP contribution in [0.2, 0.25) is 5.02 Å². The van der Waals surface area contributed by atoms with Crippen molar-refractivity contribution in [2.24, 2.45) is 0 Å². The number of pyridine rings is 1. The Morgan fingerprint density at radius 2 is 2.08 bits per heavy atom. The molecule has 0 saturated carbocycles. The van der Waals surface area contributed by atoms with Gasteiger partial charge in [0.15, 0.2) is 0 Å². The number of rotatable bonds is 1. The molecule has 0 amide bonds. The van der Waals surface area contributed by atoms with Gasteiger partial charge in [-0.2, -0.15) is 4.39 Å². The Morgan fingerprint density at radius 1 is 1.50 bits per heavy atom. The lowest BCUT2D eigenvalue weighted by molar-refractivity contribution is 0.145. The fourth-order valence-electron chi connectivity index (χ4n) is 0.681. The van der Waals surface area contributed by atoms with E-state index < -0.39 is 23.1 Å². The number of nitrogens with zero attached hydrogens (tertiary/aromatic N) is 1. The summed E-state index contributed by atoms with van der Waals surface area (Å²) in [6.45, 7) is 0. The minimum Gasteiger partial charge on any atom is -0.397 e. The Hall–Kier alpha value is -0.970. The van der Waals surface area contributed by atoms with E-state index in [1.807, 2.05) is 0 Å². The first-order valence-electron chi connectivity index (χ1n) is 2.92.